The van der Waals surface area contributed by atoms with E-state index in [0.29, 0.717) is 0 Å². The Kier molecular flexibility index (Phi) is 8.97. The van der Waals surface area contributed by atoms with Crippen LogP contribution in [-0.2, 0) is 5.41 Å². The number of hydrogen-bond donors (Lipinski definition) is 0. The van der Waals surface area contributed by atoms with Crippen molar-refractivity contribution >= 4 is 55.5 Å². The minimum atomic E-state index is -0.594. The van der Waals surface area contributed by atoms with Crippen molar-refractivity contribution in [2.45, 2.75) is 5.41 Å². The zero-order valence-electron chi connectivity index (χ0n) is 36.1. The molecule has 0 radical (unpaired) electrons. The van der Waals surface area contributed by atoms with Gasteiger partial charge in [0.15, 0.2) is 0 Å². The maximum absolute atomic E-state index is 2.52. The number of benzene rings is 10. The van der Waals surface area contributed by atoms with E-state index in [4.69, 9.17) is 0 Å². The molecule has 0 aliphatic heterocycles. The lowest BCUT2D eigenvalue weighted by Crippen LogP contribution is -2.26. The van der Waals surface area contributed by atoms with Crippen LogP contribution in [0, 0.1) is 0 Å². The third-order valence-electron chi connectivity index (χ3n) is 13.7. The van der Waals surface area contributed by atoms with Crippen molar-refractivity contribution in [2.24, 2.45) is 0 Å². The molecule has 2 aliphatic carbocycles. The Morgan fingerprint density at radius 3 is 1.45 bits per heavy atom. The van der Waals surface area contributed by atoms with Crippen molar-refractivity contribution in [3.63, 3.8) is 0 Å². The molecule has 11 aromatic rings. The molecule has 0 saturated carbocycles. The van der Waals surface area contributed by atoms with E-state index in [1.165, 1.54) is 76.2 Å². The average molecular weight is 859 g/mol. The van der Waals surface area contributed by atoms with Crippen LogP contribution in [0.2, 0.25) is 0 Å². The van der Waals surface area contributed by atoms with E-state index in [0.717, 1.165) is 34.1 Å². The van der Waals surface area contributed by atoms with Crippen molar-refractivity contribution in [1.29, 1.82) is 0 Å². The molecule has 1 heterocycles. The molecule has 10 aromatic carbocycles. The van der Waals surface area contributed by atoms with Crippen LogP contribution in [0.4, 0.5) is 34.1 Å². The Morgan fingerprint density at radius 2 is 0.773 bits per heavy atom. The summed E-state index contributed by atoms with van der Waals surface area (Å²) in [4.78, 5) is 6.28. The van der Waals surface area contributed by atoms with Gasteiger partial charge in [-0.25, -0.2) is 0 Å². The molecule has 0 amide bonds. The van der Waals surface area contributed by atoms with Gasteiger partial charge in [-0.3, -0.25) is 0 Å². The van der Waals surface area contributed by atoms with Crippen molar-refractivity contribution < 1.29 is 0 Å². The van der Waals surface area contributed by atoms with Crippen molar-refractivity contribution in [1.82, 2.24) is 0 Å². The predicted molar refractivity (Wildman–Crippen MR) is 278 cm³/mol. The van der Waals surface area contributed by atoms with Gasteiger partial charge in [-0.1, -0.05) is 194 Å². The van der Waals surface area contributed by atoms with E-state index in [9.17, 15) is 0 Å². The van der Waals surface area contributed by atoms with Crippen molar-refractivity contribution in [2.75, 3.05) is 9.80 Å². The van der Waals surface area contributed by atoms with Crippen LogP contribution in [-0.4, -0.2) is 0 Å². The molecule has 1 spiro atoms. The van der Waals surface area contributed by atoms with Gasteiger partial charge in [0.05, 0.1) is 22.5 Å². The molecule has 1 aromatic heterocycles. The zero-order chi connectivity index (χ0) is 43.6. The summed E-state index contributed by atoms with van der Waals surface area (Å²) < 4.78 is 1.29. The highest BCUT2D eigenvalue weighted by Crippen LogP contribution is 2.69. The van der Waals surface area contributed by atoms with Crippen molar-refractivity contribution in [3.8, 4) is 43.8 Å². The van der Waals surface area contributed by atoms with Crippen LogP contribution in [0.1, 0.15) is 22.3 Å². The molecule has 13 rings (SSSR count). The SMILES string of the molecule is c1ccc(-c2ccc(N(c3ccccc3-c3ccccc3)c3cccc4c3-c3sc5ccccc5c3C43c4ccccc4-c4c(N(c5ccccc5)c5ccccc5)cccc43)cc2)cc1. The monoisotopic (exact) mass is 858 g/mol. The summed E-state index contributed by atoms with van der Waals surface area (Å²) in [6.07, 6.45) is 0. The molecular weight excluding hydrogens is 817 g/mol. The number of para-hydroxylation sites is 3. The van der Waals surface area contributed by atoms with Crippen LogP contribution in [0.25, 0.3) is 53.9 Å². The third-order valence-corrected chi connectivity index (χ3v) is 14.9. The van der Waals surface area contributed by atoms with Crippen LogP contribution < -0.4 is 9.80 Å². The molecule has 2 nitrogen and oxygen atoms in total. The first-order valence-electron chi connectivity index (χ1n) is 22.7. The van der Waals surface area contributed by atoms with Gasteiger partial charge >= 0.3 is 0 Å². The highest BCUT2D eigenvalue weighted by atomic mass is 32.1. The van der Waals surface area contributed by atoms with Gasteiger partial charge in [0.25, 0.3) is 0 Å². The van der Waals surface area contributed by atoms with E-state index in [1.54, 1.807) is 0 Å². The first-order chi connectivity index (χ1) is 32.8. The molecular formula is C63H42N2S. The summed E-state index contributed by atoms with van der Waals surface area (Å²) in [6, 6.07) is 93.5. The second kappa shape index (κ2) is 15.5. The molecule has 1 atom stereocenters. The molecule has 0 fully saturated rings. The highest BCUT2D eigenvalue weighted by molar-refractivity contribution is 7.22. The Hall–Kier alpha value is -8.24. The van der Waals surface area contributed by atoms with E-state index in [1.807, 2.05) is 11.3 Å². The minimum Gasteiger partial charge on any atom is -0.310 e. The first-order valence-corrected chi connectivity index (χ1v) is 23.5. The van der Waals surface area contributed by atoms with Crippen LogP contribution >= 0.6 is 11.3 Å². The van der Waals surface area contributed by atoms with Crippen molar-refractivity contribution in [3.05, 3.63) is 277 Å². The van der Waals surface area contributed by atoms with Gasteiger partial charge in [0.2, 0.25) is 0 Å². The minimum absolute atomic E-state index is 0.594. The first kappa shape index (κ1) is 38.2. The Balaban J connectivity index is 1.12. The van der Waals surface area contributed by atoms with Crippen LogP contribution in [0.5, 0.6) is 0 Å². The number of thiophene rings is 1. The Bertz CT molecular complexity index is 3540. The fourth-order valence-corrected chi connectivity index (χ4v) is 12.3. The Morgan fingerprint density at radius 1 is 0.303 bits per heavy atom. The van der Waals surface area contributed by atoms with Crippen LogP contribution in [0.3, 0.4) is 0 Å². The maximum atomic E-state index is 2.52. The van der Waals surface area contributed by atoms with Gasteiger partial charge in [0, 0.05) is 43.3 Å². The van der Waals surface area contributed by atoms with E-state index < -0.39 is 5.41 Å². The number of anilines is 6. The lowest BCUT2D eigenvalue weighted by atomic mass is 9.70. The standard InChI is InChI=1S/C63H42N2S/c1-5-21-43(22-6-1)44-39-41-48(42-40-44)65(55-35-17-14-29-49(55)45-23-7-2-8-24-45)57-37-20-34-54-60(57)62-61(51-31-15-18-38-58(51)66-62)63(54)52-32-16-13-30-50(52)59-53(63)33-19-36-56(59)64(46-25-9-3-10-26-46)47-27-11-4-12-28-47/h1-42H. The second-order valence-corrected chi connectivity index (χ2v) is 18.2. The normalized spacial score (nSPS) is 14.1. The third kappa shape index (κ3) is 5.73. The lowest BCUT2D eigenvalue weighted by Gasteiger charge is -2.33. The number of nitrogens with zero attached hydrogens (tertiary/aromatic N) is 2. The number of hydrogen-bond acceptors (Lipinski definition) is 3. The topological polar surface area (TPSA) is 6.48 Å². The summed E-state index contributed by atoms with van der Waals surface area (Å²) in [5.74, 6) is 0. The summed E-state index contributed by atoms with van der Waals surface area (Å²) >= 11 is 1.93. The van der Waals surface area contributed by atoms with Gasteiger partial charge in [-0.15, -0.1) is 11.3 Å². The highest BCUT2D eigenvalue weighted by Gasteiger charge is 2.55. The molecule has 0 saturated heterocycles. The fraction of sp³-hybridized carbons (Fsp3) is 0.0159. The quantitative estimate of drug-likeness (QED) is 0.150. The zero-order valence-corrected chi connectivity index (χ0v) is 36.9. The van der Waals surface area contributed by atoms with E-state index in [2.05, 4.69) is 265 Å². The molecule has 1 unspecified atom stereocenters. The fourth-order valence-electron chi connectivity index (χ4n) is 11.0. The lowest BCUT2D eigenvalue weighted by molar-refractivity contribution is 0.802. The summed E-state index contributed by atoms with van der Waals surface area (Å²) in [5, 5.41) is 1.30. The predicted octanol–water partition coefficient (Wildman–Crippen LogP) is 17.5. The van der Waals surface area contributed by atoms with Gasteiger partial charge in [0.1, 0.15) is 0 Å². The molecule has 2 aliphatic rings. The largest absolute Gasteiger partial charge is 0.310 e. The molecule has 66 heavy (non-hydrogen) atoms. The number of fused-ring (bicyclic) bond motifs is 12. The molecule has 310 valence electrons. The summed E-state index contributed by atoms with van der Waals surface area (Å²) in [5.41, 5.74) is 20.1. The Labute approximate surface area is 389 Å². The summed E-state index contributed by atoms with van der Waals surface area (Å²) in [6.45, 7) is 0. The second-order valence-electron chi connectivity index (χ2n) is 17.1. The van der Waals surface area contributed by atoms with E-state index in [-0.39, 0.29) is 0 Å². The smallest absolute Gasteiger partial charge is 0.0741 e. The maximum Gasteiger partial charge on any atom is 0.0741 e. The van der Waals surface area contributed by atoms with Gasteiger partial charge < -0.3 is 9.80 Å². The van der Waals surface area contributed by atoms with Gasteiger partial charge in [-0.2, -0.15) is 0 Å². The molecule has 3 heteroatoms. The summed E-state index contributed by atoms with van der Waals surface area (Å²) in [7, 11) is 0. The van der Waals surface area contributed by atoms with E-state index >= 15 is 0 Å². The average Bonchev–Trinajstić information content (AvgIpc) is 4.02. The molecule has 0 bridgehead atoms. The van der Waals surface area contributed by atoms with Gasteiger partial charge in [-0.05, 0) is 111 Å². The van der Waals surface area contributed by atoms with Crippen LogP contribution in [0.15, 0.2) is 255 Å². The molecule has 0 N–H and O–H groups in total. The number of rotatable bonds is 8.